The second-order valence-electron chi connectivity index (χ2n) is 8.88. The third-order valence-electron chi connectivity index (χ3n) is 5.75. The normalized spacial score (nSPS) is 17.6. The maximum absolute atomic E-state index is 13.1. The Morgan fingerprint density at radius 3 is 2.61 bits per heavy atom. The van der Waals surface area contributed by atoms with Crippen LogP contribution in [0.3, 0.4) is 0 Å². The zero-order chi connectivity index (χ0) is 25.7. The lowest BCUT2D eigenvalue weighted by Gasteiger charge is -2.28. The van der Waals surface area contributed by atoms with Gasteiger partial charge in [0.1, 0.15) is 11.8 Å². The number of carbonyl (C=O) groups excluding carboxylic acids is 2. The predicted octanol–water partition coefficient (Wildman–Crippen LogP) is 3.26. The fourth-order valence-electron chi connectivity index (χ4n) is 4.03. The molecular weight excluding hydrogens is 482 g/mol. The fraction of sp³-hybridized carbons (Fsp3) is 0.520. The van der Waals surface area contributed by atoms with Crippen molar-refractivity contribution < 1.29 is 23.8 Å². The molecular formula is C25H33N5O5S. The summed E-state index contributed by atoms with van der Waals surface area (Å²) < 4.78 is 18.3. The van der Waals surface area contributed by atoms with Gasteiger partial charge in [0.25, 0.3) is 5.91 Å². The van der Waals surface area contributed by atoms with Gasteiger partial charge in [0.05, 0.1) is 24.9 Å². The topological polar surface area (TPSA) is 108 Å². The van der Waals surface area contributed by atoms with Gasteiger partial charge in [0.15, 0.2) is 6.61 Å². The summed E-state index contributed by atoms with van der Waals surface area (Å²) in [5, 5.41) is 8.56. The number of benzene rings is 1. The summed E-state index contributed by atoms with van der Waals surface area (Å²) in [6.07, 6.45) is 0.746. The number of ether oxygens (including phenoxy) is 3. The molecule has 0 bridgehead atoms. The van der Waals surface area contributed by atoms with Crippen LogP contribution in [0.25, 0.3) is 0 Å². The van der Waals surface area contributed by atoms with Gasteiger partial charge < -0.3 is 24.4 Å². The van der Waals surface area contributed by atoms with Crippen LogP contribution < -0.4 is 10.1 Å². The van der Waals surface area contributed by atoms with E-state index in [1.165, 1.54) is 0 Å². The maximum atomic E-state index is 13.1. The number of rotatable bonds is 9. The van der Waals surface area contributed by atoms with Crippen molar-refractivity contribution in [3.05, 3.63) is 41.1 Å². The van der Waals surface area contributed by atoms with E-state index in [1.807, 2.05) is 32.9 Å². The first-order valence-electron chi connectivity index (χ1n) is 12.2. The van der Waals surface area contributed by atoms with Crippen LogP contribution in [-0.2, 0) is 19.1 Å². The highest BCUT2D eigenvalue weighted by Gasteiger charge is 2.35. The van der Waals surface area contributed by atoms with Gasteiger partial charge >= 0.3 is 5.97 Å². The number of esters is 1. The molecule has 2 aliphatic rings. The molecule has 1 saturated heterocycles. The second kappa shape index (κ2) is 11.8. The number of allylic oxidation sites excluding steroid dienone is 1. The predicted molar refractivity (Wildman–Crippen MR) is 136 cm³/mol. The molecule has 1 aromatic carbocycles. The van der Waals surface area contributed by atoms with E-state index in [0.29, 0.717) is 54.4 Å². The summed E-state index contributed by atoms with van der Waals surface area (Å²) in [5.74, 6) is 1.58. The van der Waals surface area contributed by atoms with Gasteiger partial charge in [0, 0.05) is 24.5 Å². The number of hydrogen-bond donors (Lipinski definition) is 1. The molecule has 0 aliphatic carbocycles. The highest BCUT2D eigenvalue weighted by molar-refractivity contribution is 7.99. The number of thioether (sulfide) groups is 1. The van der Waals surface area contributed by atoms with Gasteiger partial charge in [-0.25, -0.2) is 9.48 Å². The summed E-state index contributed by atoms with van der Waals surface area (Å²) in [7, 11) is 0. The summed E-state index contributed by atoms with van der Waals surface area (Å²) in [5.41, 5.74) is 1.98. The number of morpholine rings is 1. The number of amides is 1. The summed E-state index contributed by atoms with van der Waals surface area (Å²) in [4.78, 5) is 31.9. The molecule has 2 aromatic rings. The lowest BCUT2D eigenvalue weighted by Crippen LogP contribution is -2.42. The van der Waals surface area contributed by atoms with Crippen LogP contribution in [0.2, 0.25) is 0 Å². The Kier molecular flexibility index (Phi) is 8.52. The van der Waals surface area contributed by atoms with Gasteiger partial charge in [-0.15, -0.1) is 5.10 Å². The van der Waals surface area contributed by atoms with Crippen LogP contribution in [-0.4, -0.2) is 76.3 Å². The lowest BCUT2D eigenvalue weighted by molar-refractivity contribution is -0.143. The van der Waals surface area contributed by atoms with Gasteiger partial charge in [0.2, 0.25) is 11.1 Å². The van der Waals surface area contributed by atoms with Crippen molar-refractivity contribution in [2.75, 3.05) is 44.0 Å². The van der Waals surface area contributed by atoms with Crippen molar-refractivity contribution in [2.45, 2.75) is 51.4 Å². The summed E-state index contributed by atoms with van der Waals surface area (Å²) >= 11 is 1.57. The lowest BCUT2D eigenvalue weighted by atomic mass is 9.95. The van der Waals surface area contributed by atoms with Gasteiger partial charge in [-0.3, -0.25) is 4.79 Å². The van der Waals surface area contributed by atoms with Crippen molar-refractivity contribution in [3.63, 3.8) is 0 Å². The van der Waals surface area contributed by atoms with Crippen LogP contribution in [0.5, 0.6) is 5.75 Å². The molecule has 1 amide bonds. The van der Waals surface area contributed by atoms with E-state index in [1.54, 1.807) is 33.5 Å². The van der Waals surface area contributed by atoms with Crippen molar-refractivity contribution in [1.29, 1.82) is 0 Å². The number of nitrogens with one attached hydrogen (secondary N) is 1. The number of anilines is 1. The van der Waals surface area contributed by atoms with E-state index in [2.05, 4.69) is 17.2 Å². The highest BCUT2D eigenvalue weighted by Crippen LogP contribution is 2.37. The molecule has 0 spiro atoms. The molecule has 0 saturated carbocycles. The summed E-state index contributed by atoms with van der Waals surface area (Å²) in [6.45, 7) is 9.81. The van der Waals surface area contributed by atoms with Crippen molar-refractivity contribution in [3.8, 4) is 5.75 Å². The molecule has 1 unspecified atom stereocenters. The maximum Gasteiger partial charge on any atom is 0.338 e. The molecule has 1 aromatic heterocycles. The first kappa shape index (κ1) is 26.0. The molecule has 3 heterocycles. The Hall–Kier alpha value is -3.05. The number of aromatic nitrogens is 3. The molecule has 194 valence electrons. The van der Waals surface area contributed by atoms with Gasteiger partial charge in [-0.1, -0.05) is 30.8 Å². The molecule has 10 nitrogen and oxygen atoms in total. The van der Waals surface area contributed by atoms with Gasteiger partial charge in [-0.2, -0.15) is 4.98 Å². The Morgan fingerprint density at radius 2 is 1.94 bits per heavy atom. The van der Waals surface area contributed by atoms with Gasteiger partial charge in [-0.05, 0) is 44.9 Å². The molecule has 1 N–H and O–H groups in total. The zero-order valence-electron chi connectivity index (χ0n) is 21.2. The third-order valence-corrected chi connectivity index (χ3v) is 6.80. The van der Waals surface area contributed by atoms with Crippen molar-refractivity contribution in [2.24, 2.45) is 0 Å². The average molecular weight is 516 g/mol. The minimum absolute atomic E-state index is 0.0388. The first-order valence-corrected chi connectivity index (χ1v) is 13.2. The SMILES string of the molecule is CCCSc1nc2n(n1)C(c1ccc(OCC(=O)N3CCOCC3)cc1)C(C(=O)OC(C)C)=C(C)N2. The molecule has 1 atom stereocenters. The summed E-state index contributed by atoms with van der Waals surface area (Å²) in [6, 6.07) is 6.84. The zero-order valence-corrected chi connectivity index (χ0v) is 22.0. The van der Waals surface area contributed by atoms with Crippen LogP contribution in [0.4, 0.5) is 5.95 Å². The second-order valence-corrected chi connectivity index (χ2v) is 9.94. The number of hydrogen-bond acceptors (Lipinski definition) is 9. The molecule has 11 heteroatoms. The third kappa shape index (κ3) is 6.01. The molecule has 0 radical (unpaired) electrons. The average Bonchev–Trinajstić information content (AvgIpc) is 3.27. The minimum Gasteiger partial charge on any atom is -0.484 e. The van der Waals surface area contributed by atoms with E-state index in [4.69, 9.17) is 19.3 Å². The Bertz CT molecular complexity index is 1110. The van der Waals surface area contributed by atoms with E-state index < -0.39 is 12.0 Å². The smallest absolute Gasteiger partial charge is 0.338 e. The van der Waals surface area contributed by atoms with E-state index in [-0.39, 0.29) is 18.6 Å². The molecule has 2 aliphatic heterocycles. The van der Waals surface area contributed by atoms with E-state index >= 15 is 0 Å². The van der Waals surface area contributed by atoms with Crippen LogP contribution in [0.1, 0.15) is 45.7 Å². The first-order chi connectivity index (χ1) is 17.4. The molecule has 36 heavy (non-hydrogen) atoms. The standard InChI is InChI=1S/C25H33N5O5S/c1-5-14-36-25-27-24-26-17(4)21(23(32)35-16(2)3)22(30(24)28-25)18-6-8-19(9-7-18)34-15-20(31)29-10-12-33-13-11-29/h6-9,16,22H,5,10-15H2,1-4H3,(H,26,27,28). The largest absolute Gasteiger partial charge is 0.484 e. The Morgan fingerprint density at radius 1 is 1.22 bits per heavy atom. The Balaban J connectivity index is 1.57. The van der Waals surface area contributed by atoms with Crippen molar-refractivity contribution in [1.82, 2.24) is 19.7 Å². The number of carbonyl (C=O) groups is 2. The minimum atomic E-state index is -0.514. The van der Waals surface area contributed by atoms with Crippen LogP contribution >= 0.6 is 11.8 Å². The number of nitrogens with zero attached hydrogens (tertiary/aromatic N) is 4. The molecule has 4 rings (SSSR count). The van der Waals surface area contributed by atoms with E-state index in [9.17, 15) is 9.59 Å². The monoisotopic (exact) mass is 515 g/mol. The van der Waals surface area contributed by atoms with Crippen molar-refractivity contribution >= 4 is 29.6 Å². The van der Waals surface area contributed by atoms with E-state index in [0.717, 1.165) is 17.7 Å². The number of fused-ring (bicyclic) bond motifs is 1. The quantitative estimate of drug-likeness (QED) is 0.398. The Labute approximate surface area is 215 Å². The highest BCUT2D eigenvalue weighted by atomic mass is 32.2. The van der Waals surface area contributed by atoms with Crippen LogP contribution in [0, 0.1) is 0 Å². The molecule has 1 fully saturated rings. The fourth-order valence-corrected chi connectivity index (χ4v) is 4.71. The van der Waals surface area contributed by atoms with Crippen LogP contribution in [0.15, 0.2) is 40.7 Å².